The Morgan fingerprint density at radius 3 is 2.08 bits per heavy atom. The number of ether oxygens (including phenoxy) is 1. The third kappa shape index (κ3) is 7.80. The molecule has 5 nitrogen and oxygen atoms in total. The van der Waals surface area contributed by atoms with Crippen molar-refractivity contribution in [3.05, 3.63) is 187 Å². The molecular weight excluding hydrogens is 916 g/mol. The Labute approximate surface area is 369 Å². The van der Waals surface area contributed by atoms with Crippen molar-refractivity contribution in [3.63, 3.8) is 0 Å². The van der Waals surface area contributed by atoms with E-state index in [9.17, 15) is 0 Å². The molecule has 0 amide bonds. The molecule has 0 atom stereocenters. The van der Waals surface area contributed by atoms with E-state index in [2.05, 4.69) is 222 Å². The van der Waals surface area contributed by atoms with Gasteiger partial charge in [-0.15, -0.1) is 53.6 Å². The molecule has 0 aliphatic carbocycles. The summed E-state index contributed by atoms with van der Waals surface area (Å²) in [6, 6.07) is 54.3. The molecule has 6 heteroatoms. The Kier molecular flexibility index (Phi) is 10.9. The van der Waals surface area contributed by atoms with Gasteiger partial charge in [0, 0.05) is 61.1 Å². The molecule has 0 radical (unpaired) electrons. The first-order valence-corrected chi connectivity index (χ1v) is 20.4. The van der Waals surface area contributed by atoms with Crippen molar-refractivity contribution in [1.29, 1.82) is 0 Å². The summed E-state index contributed by atoms with van der Waals surface area (Å²) < 4.78 is 9.05. The van der Waals surface area contributed by atoms with Crippen LogP contribution >= 0.6 is 0 Å². The Morgan fingerprint density at radius 1 is 0.617 bits per heavy atom. The maximum atomic E-state index is 6.84. The van der Waals surface area contributed by atoms with E-state index in [1.165, 1.54) is 39.1 Å². The number of pyridine rings is 1. The predicted molar refractivity (Wildman–Crippen MR) is 245 cm³/mol. The fourth-order valence-corrected chi connectivity index (χ4v) is 8.21. The van der Waals surface area contributed by atoms with Crippen LogP contribution in [0.4, 0.5) is 11.4 Å². The molecular formula is C54H49N4OPt-3. The summed E-state index contributed by atoms with van der Waals surface area (Å²) in [4.78, 5) is 9.36. The fraction of sp³-hybridized carbons (Fsp3) is 0.185. The van der Waals surface area contributed by atoms with Gasteiger partial charge in [0.15, 0.2) is 0 Å². The van der Waals surface area contributed by atoms with E-state index >= 15 is 0 Å². The third-order valence-electron chi connectivity index (χ3n) is 11.3. The number of fused-ring (bicyclic) bond motifs is 3. The number of rotatable bonds is 7. The summed E-state index contributed by atoms with van der Waals surface area (Å²) in [5.41, 5.74) is 13.2. The molecule has 3 heterocycles. The van der Waals surface area contributed by atoms with Gasteiger partial charge >= 0.3 is 0 Å². The zero-order valence-corrected chi connectivity index (χ0v) is 37.7. The molecule has 304 valence electrons. The minimum absolute atomic E-state index is 0. The number of hydrogen-bond acceptors (Lipinski definition) is 4. The maximum Gasteiger partial charge on any atom is 0.135 e. The Bertz CT molecular complexity index is 2880. The van der Waals surface area contributed by atoms with Crippen LogP contribution in [-0.2, 0) is 26.5 Å². The number of aromatic nitrogens is 2. The summed E-state index contributed by atoms with van der Waals surface area (Å²) in [6.45, 7) is 20.0. The summed E-state index contributed by atoms with van der Waals surface area (Å²) in [6.07, 6.45) is 4.14. The van der Waals surface area contributed by atoms with E-state index in [-0.39, 0.29) is 31.9 Å². The van der Waals surface area contributed by atoms with Gasteiger partial charge in [-0.05, 0) is 94.6 Å². The molecule has 9 rings (SSSR count). The normalized spacial score (nSPS) is 13.2. The second-order valence-corrected chi connectivity index (χ2v) is 17.7. The Balaban J connectivity index is 0.00000499. The van der Waals surface area contributed by atoms with Crippen molar-refractivity contribution in [2.75, 3.05) is 9.80 Å². The van der Waals surface area contributed by atoms with Crippen LogP contribution in [0.15, 0.2) is 152 Å². The fourth-order valence-electron chi connectivity index (χ4n) is 8.21. The van der Waals surface area contributed by atoms with E-state index in [1.54, 1.807) is 0 Å². The van der Waals surface area contributed by atoms with Gasteiger partial charge in [-0.2, -0.15) is 6.07 Å². The zero-order chi connectivity index (χ0) is 41.1. The molecule has 1 aliphatic rings. The van der Waals surface area contributed by atoms with Gasteiger partial charge in [0.25, 0.3) is 0 Å². The van der Waals surface area contributed by atoms with Crippen LogP contribution in [0, 0.1) is 38.1 Å². The van der Waals surface area contributed by atoms with E-state index in [0.29, 0.717) is 11.5 Å². The first-order chi connectivity index (χ1) is 28.3. The largest absolute Gasteiger partial charge is 0.509 e. The molecule has 0 unspecified atom stereocenters. The second-order valence-electron chi connectivity index (χ2n) is 17.7. The van der Waals surface area contributed by atoms with E-state index in [0.717, 1.165) is 44.6 Å². The standard InChI is InChI=1S/C54H49N4O.Pt/c1-36-16-14-17-37(2)52(36)40-29-43(56-34-50(54(6,7)8)57(35-56)42-21-15-20-39(28-42)38-18-10-9-11-19-38)32-45(30-40)59-44-24-25-47-46-22-12-13-23-48(46)58(49(47)33-44)51-31-41(26-27-55-51)53(3,4)5;/h9-31,34-35H,1-8H3;/q-3;. The number of hydrogen-bond donors (Lipinski definition) is 0. The molecule has 0 N–H and O–H groups in total. The first-order valence-electron chi connectivity index (χ1n) is 20.4. The van der Waals surface area contributed by atoms with Crippen LogP contribution in [0.5, 0.6) is 11.5 Å². The quantitative estimate of drug-likeness (QED) is 0.149. The van der Waals surface area contributed by atoms with Crippen molar-refractivity contribution in [2.24, 2.45) is 5.41 Å². The third-order valence-corrected chi connectivity index (χ3v) is 11.3. The molecule has 6 aromatic carbocycles. The molecule has 0 bridgehead atoms. The molecule has 0 fully saturated rings. The average Bonchev–Trinajstić information content (AvgIpc) is 3.82. The van der Waals surface area contributed by atoms with Crippen molar-refractivity contribution in [3.8, 4) is 39.6 Å². The minimum Gasteiger partial charge on any atom is -0.509 e. The Hall–Kier alpha value is -5.90. The number of nitrogens with zero attached hydrogens (tertiary/aromatic N) is 4. The molecule has 2 aromatic heterocycles. The van der Waals surface area contributed by atoms with Gasteiger partial charge in [-0.3, -0.25) is 0 Å². The van der Waals surface area contributed by atoms with Crippen LogP contribution < -0.4 is 14.5 Å². The molecule has 1 aliphatic heterocycles. The van der Waals surface area contributed by atoms with E-state index in [4.69, 9.17) is 9.72 Å². The molecule has 0 saturated carbocycles. The van der Waals surface area contributed by atoms with Gasteiger partial charge in [0.05, 0.1) is 0 Å². The monoisotopic (exact) mass is 964 g/mol. The SMILES string of the molecule is Cc1cccc(C)c1-c1cc(Oc2[c-]c3c(cc2)c2ccccc2n3-c2cc(C(C)(C)C)ccn2)[c-]c(N2C=C(C(C)(C)C)N(c3cccc(-c4ccccc4)c3)[CH-]2)c1.[Pt]. The number of para-hydroxylation sites is 1. The zero-order valence-electron chi connectivity index (χ0n) is 35.4. The van der Waals surface area contributed by atoms with Crippen molar-refractivity contribution < 1.29 is 25.8 Å². The number of benzene rings is 6. The number of allylic oxidation sites excluding steroid dienone is 1. The molecule has 0 spiro atoms. The van der Waals surface area contributed by atoms with Crippen molar-refractivity contribution in [2.45, 2.75) is 60.8 Å². The summed E-state index contributed by atoms with van der Waals surface area (Å²) in [5, 5.41) is 2.23. The predicted octanol–water partition coefficient (Wildman–Crippen LogP) is 14.2. The summed E-state index contributed by atoms with van der Waals surface area (Å²) >= 11 is 0. The average molecular weight is 965 g/mol. The van der Waals surface area contributed by atoms with Gasteiger partial charge in [0.2, 0.25) is 0 Å². The van der Waals surface area contributed by atoms with Crippen molar-refractivity contribution in [1.82, 2.24) is 9.55 Å². The van der Waals surface area contributed by atoms with Crippen molar-refractivity contribution >= 4 is 33.2 Å². The minimum atomic E-state index is -0.151. The second kappa shape index (κ2) is 15.9. The number of anilines is 2. The Morgan fingerprint density at radius 2 is 1.33 bits per heavy atom. The molecule has 0 saturated heterocycles. The van der Waals surface area contributed by atoms with Crippen LogP contribution in [0.25, 0.3) is 49.9 Å². The van der Waals surface area contributed by atoms with Gasteiger partial charge in [-0.1, -0.05) is 126 Å². The maximum absolute atomic E-state index is 6.84. The molecule has 60 heavy (non-hydrogen) atoms. The van der Waals surface area contributed by atoms with Gasteiger partial charge in [0.1, 0.15) is 5.82 Å². The van der Waals surface area contributed by atoms with Crippen LogP contribution in [0.3, 0.4) is 0 Å². The first kappa shape index (κ1) is 40.9. The van der Waals surface area contributed by atoms with Crippen LogP contribution in [-0.4, -0.2) is 9.55 Å². The van der Waals surface area contributed by atoms with E-state index in [1.807, 2.05) is 12.3 Å². The van der Waals surface area contributed by atoms with E-state index < -0.39 is 0 Å². The molecule has 8 aromatic rings. The summed E-state index contributed by atoms with van der Waals surface area (Å²) in [5.74, 6) is 2.06. The topological polar surface area (TPSA) is 33.5 Å². The smallest absolute Gasteiger partial charge is 0.135 e. The van der Waals surface area contributed by atoms with Gasteiger partial charge in [-0.25, -0.2) is 4.98 Å². The summed E-state index contributed by atoms with van der Waals surface area (Å²) in [7, 11) is 0. The van der Waals surface area contributed by atoms with Gasteiger partial charge < -0.3 is 19.1 Å². The van der Waals surface area contributed by atoms with Crippen LogP contribution in [0.1, 0.15) is 58.2 Å². The van der Waals surface area contributed by atoms with Crippen LogP contribution in [0.2, 0.25) is 0 Å². The number of aryl methyl sites for hydroxylation is 2.